The number of nitrogens with one attached hydrogen (secondary N) is 1. The van der Waals surface area contributed by atoms with Crippen molar-refractivity contribution in [3.63, 3.8) is 0 Å². The van der Waals surface area contributed by atoms with Crippen molar-refractivity contribution in [3.05, 3.63) is 6.07 Å². The lowest BCUT2D eigenvalue weighted by Gasteiger charge is -2.24. The van der Waals surface area contributed by atoms with Gasteiger partial charge in [-0.25, -0.2) is 4.98 Å². The van der Waals surface area contributed by atoms with Crippen molar-refractivity contribution in [1.29, 1.82) is 0 Å². The van der Waals surface area contributed by atoms with E-state index in [1.54, 1.807) is 0 Å². The molecule has 0 radical (unpaired) electrons. The zero-order valence-corrected chi connectivity index (χ0v) is 12.7. The van der Waals surface area contributed by atoms with Gasteiger partial charge in [-0.05, 0) is 32.9 Å². The summed E-state index contributed by atoms with van der Waals surface area (Å²) in [5, 5.41) is 4.00. The lowest BCUT2D eigenvalue weighted by atomic mass is 10.1. The molecule has 0 aromatic carbocycles. The molecule has 5 heteroatoms. The quantitative estimate of drug-likeness (QED) is 0.605. The molecule has 0 spiro atoms. The molecule has 1 N–H and O–H groups in total. The van der Waals surface area contributed by atoms with Gasteiger partial charge in [0.05, 0.1) is 0 Å². The molecular weight excluding hydrogens is 246 g/mol. The van der Waals surface area contributed by atoms with Crippen molar-refractivity contribution in [2.75, 3.05) is 18.1 Å². The van der Waals surface area contributed by atoms with Crippen LogP contribution < -0.4 is 10.1 Å². The Bertz CT molecular complexity index is 382. The fraction of sp³-hybridized carbons (Fsp3) is 0.692. The van der Waals surface area contributed by atoms with Crippen molar-refractivity contribution in [1.82, 2.24) is 9.97 Å². The van der Waals surface area contributed by atoms with Crippen LogP contribution in [0.25, 0.3) is 0 Å². The van der Waals surface area contributed by atoms with E-state index in [0.29, 0.717) is 5.88 Å². The van der Waals surface area contributed by atoms with Crippen molar-refractivity contribution in [3.8, 4) is 5.88 Å². The fourth-order valence-corrected chi connectivity index (χ4v) is 1.62. The number of ether oxygens (including phenoxy) is 1. The van der Waals surface area contributed by atoms with Gasteiger partial charge in [0.2, 0.25) is 5.88 Å². The third-order valence-corrected chi connectivity index (χ3v) is 3.20. The Balaban J connectivity index is 2.89. The highest BCUT2D eigenvalue weighted by atomic mass is 32.2. The van der Waals surface area contributed by atoms with E-state index in [2.05, 4.69) is 43.0 Å². The van der Waals surface area contributed by atoms with Gasteiger partial charge < -0.3 is 10.1 Å². The van der Waals surface area contributed by atoms with Crippen LogP contribution in [-0.4, -0.2) is 28.4 Å². The van der Waals surface area contributed by atoms with Crippen LogP contribution in [0.2, 0.25) is 0 Å². The Hall–Kier alpha value is -0.970. The Morgan fingerprint density at radius 2 is 2.06 bits per heavy atom. The first-order chi connectivity index (χ1) is 8.50. The van der Waals surface area contributed by atoms with E-state index in [-0.39, 0.29) is 5.60 Å². The van der Waals surface area contributed by atoms with Crippen LogP contribution in [0.5, 0.6) is 5.88 Å². The smallest absolute Gasteiger partial charge is 0.220 e. The zero-order valence-electron chi connectivity index (χ0n) is 11.9. The molecule has 0 saturated carbocycles. The summed E-state index contributed by atoms with van der Waals surface area (Å²) in [7, 11) is 0. The highest BCUT2D eigenvalue weighted by Crippen LogP contribution is 2.23. The monoisotopic (exact) mass is 269 g/mol. The number of hydrogen-bond donors (Lipinski definition) is 1. The molecule has 0 fully saturated rings. The molecule has 1 rings (SSSR count). The average Bonchev–Trinajstić information content (AvgIpc) is 2.35. The van der Waals surface area contributed by atoms with Gasteiger partial charge in [0.25, 0.3) is 0 Å². The second-order valence-electron chi connectivity index (χ2n) is 4.72. The van der Waals surface area contributed by atoms with Crippen LogP contribution >= 0.6 is 11.8 Å². The van der Waals surface area contributed by atoms with Gasteiger partial charge in [0, 0.05) is 12.6 Å². The van der Waals surface area contributed by atoms with E-state index in [9.17, 15) is 0 Å². The molecule has 0 atom stereocenters. The molecule has 1 heterocycles. The molecular formula is C13H23N3OS. The first kappa shape index (κ1) is 15.1. The average molecular weight is 269 g/mol. The molecule has 0 unspecified atom stereocenters. The van der Waals surface area contributed by atoms with Crippen molar-refractivity contribution >= 4 is 17.6 Å². The summed E-state index contributed by atoms with van der Waals surface area (Å²) in [6, 6.07) is 1.87. The number of thioether (sulfide) groups is 1. The molecule has 102 valence electrons. The number of hydrogen-bond acceptors (Lipinski definition) is 5. The molecule has 1 aromatic rings. The van der Waals surface area contributed by atoms with Crippen LogP contribution in [0.3, 0.4) is 0 Å². The third-order valence-electron chi connectivity index (χ3n) is 2.65. The van der Waals surface area contributed by atoms with Crippen molar-refractivity contribution in [2.24, 2.45) is 0 Å². The standard InChI is InChI=1S/C13H23N3OS/c1-6-8-14-10-9-11(16-12(15-10)18-5)17-13(3,4)7-2/h9H,6-8H2,1-5H3,(H,14,15,16). The number of rotatable bonds is 7. The SMILES string of the molecule is CCCNc1cc(OC(C)(C)CC)nc(SC)n1. The third kappa shape index (κ3) is 4.72. The van der Waals surface area contributed by atoms with Gasteiger partial charge in [0.15, 0.2) is 5.16 Å². The number of anilines is 1. The normalized spacial score (nSPS) is 11.4. The van der Waals surface area contributed by atoms with E-state index in [0.717, 1.165) is 30.4 Å². The molecule has 0 saturated heterocycles. The molecule has 1 aromatic heterocycles. The number of aromatic nitrogens is 2. The van der Waals surface area contributed by atoms with E-state index in [1.807, 2.05) is 12.3 Å². The zero-order chi connectivity index (χ0) is 13.6. The van der Waals surface area contributed by atoms with Crippen LogP contribution in [0.4, 0.5) is 5.82 Å². The van der Waals surface area contributed by atoms with Gasteiger partial charge in [-0.3, -0.25) is 0 Å². The summed E-state index contributed by atoms with van der Waals surface area (Å²) in [6.45, 7) is 9.26. The van der Waals surface area contributed by atoms with E-state index in [1.165, 1.54) is 11.8 Å². The van der Waals surface area contributed by atoms with E-state index >= 15 is 0 Å². The minimum atomic E-state index is -0.202. The molecule has 0 amide bonds. The first-order valence-electron chi connectivity index (χ1n) is 6.36. The minimum absolute atomic E-state index is 0.202. The first-order valence-corrected chi connectivity index (χ1v) is 7.59. The van der Waals surface area contributed by atoms with E-state index in [4.69, 9.17) is 4.74 Å². The second kappa shape index (κ2) is 6.83. The maximum atomic E-state index is 5.91. The summed E-state index contributed by atoms with van der Waals surface area (Å²) in [6.07, 6.45) is 3.96. The Morgan fingerprint density at radius 3 is 2.61 bits per heavy atom. The summed E-state index contributed by atoms with van der Waals surface area (Å²) in [4.78, 5) is 8.79. The summed E-state index contributed by atoms with van der Waals surface area (Å²) < 4.78 is 5.91. The maximum absolute atomic E-state index is 5.91. The largest absolute Gasteiger partial charge is 0.471 e. The Morgan fingerprint density at radius 1 is 1.33 bits per heavy atom. The molecule has 0 aliphatic heterocycles. The predicted molar refractivity (Wildman–Crippen MR) is 77.6 cm³/mol. The van der Waals surface area contributed by atoms with Gasteiger partial charge in [-0.15, -0.1) is 0 Å². The molecule has 4 nitrogen and oxygen atoms in total. The van der Waals surface area contributed by atoms with Gasteiger partial charge in [0.1, 0.15) is 11.4 Å². The van der Waals surface area contributed by atoms with Gasteiger partial charge >= 0.3 is 0 Å². The molecule has 18 heavy (non-hydrogen) atoms. The second-order valence-corrected chi connectivity index (χ2v) is 5.49. The van der Waals surface area contributed by atoms with E-state index < -0.39 is 0 Å². The van der Waals surface area contributed by atoms with Crippen LogP contribution in [-0.2, 0) is 0 Å². The summed E-state index contributed by atoms with van der Waals surface area (Å²) >= 11 is 1.52. The van der Waals surface area contributed by atoms with Gasteiger partial charge in [-0.2, -0.15) is 4.98 Å². The predicted octanol–water partition coefficient (Wildman–Crippen LogP) is 3.59. The summed E-state index contributed by atoms with van der Waals surface area (Å²) in [5.41, 5.74) is -0.202. The molecule has 0 bridgehead atoms. The Kier molecular flexibility index (Phi) is 5.72. The number of nitrogens with zero attached hydrogens (tertiary/aromatic N) is 2. The topological polar surface area (TPSA) is 47.0 Å². The fourth-order valence-electron chi connectivity index (χ4n) is 1.25. The highest BCUT2D eigenvalue weighted by molar-refractivity contribution is 7.98. The van der Waals surface area contributed by atoms with Gasteiger partial charge in [-0.1, -0.05) is 25.6 Å². The summed E-state index contributed by atoms with van der Waals surface area (Å²) in [5.74, 6) is 1.47. The maximum Gasteiger partial charge on any atom is 0.220 e. The van der Waals surface area contributed by atoms with Crippen molar-refractivity contribution in [2.45, 2.75) is 51.3 Å². The van der Waals surface area contributed by atoms with Crippen LogP contribution in [0, 0.1) is 0 Å². The minimum Gasteiger partial charge on any atom is -0.471 e. The van der Waals surface area contributed by atoms with Crippen LogP contribution in [0.1, 0.15) is 40.5 Å². The molecule has 0 aliphatic rings. The molecule has 0 aliphatic carbocycles. The van der Waals surface area contributed by atoms with Crippen LogP contribution in [0.15, 0.2) is 11.2 Å². The van der Waals surface area contributed by atoms with Crippen molar-refractivity contribution < 1.29 is 4.74 Å². The Labute approximate surface area is 114 Å². The highest BCUT2D eigenvalue weighted by Gasteiger charge is 2.18. The lowest BCUT2D eigenvalue weighted by molar-refractivity contribution is 0.0979. The lowest BCUT2D eigenvalue weighted by Crippen LogP contribution is -2.27.